The van der Waals surface area contributed by atoms with Crippen LogP contribution < -0.4 is 5.73 Å². The van der Waals surface area contributed by atoms with E-state index in [2.05, 4.69) is 25.3 Å². The first-order valence-electron chi connectivity index (χ1n) is 6.42. The van der Waals surface area contributed by atoms with E-state index in [9.17, 15) is 0 Å². The Morgan fingerprint density at radius 1 is 1.17 bits per heavy atom. The first-order valence-corrected chi connectivity index (χ1v) is 7.30. The third kappa shape index (κ3) is 2.60. The van der Waals surface area contributed by atoms with Crippen molar-refractivity contribution in [2.45, 2.75) is 33.1 Å². The maximum atomic E-state index is 5.69. The van der Waals surface area contributed by atoms with Gasteiger partial charge in [0.2, 0.25) is 0 Å². The molecule has 2 aromatic rings. The van der Waals surface area contributed by atoms with Crippen LogP contribution in [0.2, 0.25) is 0 Å². The van der Waals surface area contributed by atoms with Gasteiger partial charge in [0.1, 0.15) is 0 Å². The quantitative estimate of drug-likeness (QED) is 0.900. The molecule has 0 radical (unpaired) electrons. The van der Waals surface area contributed by atoms with Crippen LogP contribution in [0.1, 0.15) is 30.8 Å². The Balaban J connectivity index is 2.52. The van der Waals surface area contributed by atoms with Gasteiger partial charge in [-0.15, -0.1) is 11.3 Å². The van der Waals surface area contributed by atoms with Crippen LogP contribution in [0.3, 0.4) is 0 Å². The SMILES string of the molecule is CCc1nc(-c2cccs2)nc(CC)c1CCN. The summed E-state index contributed by atoms with van der Waals surface area (Å²) < 4.78 is 0. The first kappa shape index (κ1) is 13.2. The molecule has 0 aromatic carbocycles. The van der Waals surface area contributed by atoms with Crippen LogP contribution in [-0.2, 0) is 19.3 Å². The minimum absolute atomic E-state index is 0.654. The van der Waals surface area contributed by atoms with Gasteiger partial charge in [0.15, 0.2) is 5.82 Å². The molecule has 0 amide bonds. The van der Waals surface area contributed by atoms with E-state index in [4.69, 9.17) is 15.7 Å². The third-order valence-electron chi connectivity index (χ3n) is 2.98. The van der Waals surface area contributed by atoms with E-state index in [1.165, 1.54) is 5.56 Å². The highest BCUT2D eigenvalue weighted by molar-refractivity contribution is 7.13. The summed E-state index contributed by atoms with van der Waals surface area (Å²) in [6.07, 6.45) is 2.74. The Morgan fingerprint density at radius 2 is 1.83 bits per heavy atom. The van der Waals surface area contributed by atoms with Gasteiger partial charge in [-0.05, 0) is 42.8 Å². The van der Waals surface area contributed by atoms with Crippen LogP contribution in [0.5, 0.6) is 0 Å². The lowest BCUT2D eigenvalue weighted by molar-refractivity contribution is 0.845. The smallest absolute Gasteiger partial charge is 0.169 e. The van der Waals surface area contributed by atoms with E-state index in [1.807, 2.05) is 6.07 Å². The summed E-state index contributed by atoms with van der Waals surface area (Å²) in [6.45, 7) is 4.93. The molecule has 18 heavy (non-hydrogen) atoms. The predicted octanol–water partition coefficient (Wildman–Crippen LogP) is 2.83. The Kier molecular flexibility index (Phi) is 4.44. The lowest BCUT2D eigenvalue weighted by atomic mass is 10.0. The maximum Gasteiger partial charge on any atom is 0.169 e. The van der Waals surface area contributed by atoms with Gasteiger partial charge in [0, 0.05) is 11.4 Å². The summed E-state index contributed by atoms with van der Waals surface area (Å²) >= 11 is 1.68. The fraction of sp³-hybridized carbons (Fsp3) is 0.429. The first-order chi connectivity index (χ1) is 8.80. The van der Waals surface area contributed by atoms with E-state index in [0.717, 1.165) is 41.4 Å². The molecule has 0 fully saturated rings. The summed E-state index contributed by atoms with van der Waals surface area (Å²) in [5.41, 5.74) is 9.24. The van der Waals surface area contributed by atoms with E-state index in [1.54, 1.807) is 11.3 Å². The third-order valence-corrected chi connectivity index (χ3v) is 3.85. The Labute approximate surface area is 112 Å². The largest absolute Gasteiger partial charge is 0.330 e. The fourth-order valence-corrected chi connectivity index (χ4v) is 2.77. The highest BCUT2D eigenvalue weighted by Crippen LogP contribution is 2.24. The molecule has 2 aromatic heterocycles. The fourth-order valence-electron chi connectivity index (χ4n) is 2.12. The lowest BCUT2D eigenvalue weighted by Gasteiger charge is -2.12. The number of hydrogen-bond acceptors (Lipinski definition) is 4. The van der Waals surface area contributed by atoms with Crippen molar-refractivity contribution in [1.82, 2.24) is 9.97 Å². The van der Waals surface area contributed by atoms with Gasteiger partial charge in [0.05, 0.1) is 4.88 Å². The summed E-state index contributed by atoms with van der Waals surface area (Å²) in [6, 6.07) is 4.11. The van der Waals surface area contributed by atoms with Crippen molar-refractivity contribution in [3.63, 3.8) is 0 Å². The minimum Gasteiger partial charge on any atom is -0.330 e. The molecular weight excluding hydrogens is 242 g/mol. The second-order valence-electron chi connectivity index (χ2n) is 4.14. The number of aryl methyl sites for hydroxylation is 2. The number of hydrogen-bond donors (Lipinski definition) is 1. The van der Waals surface area contributed by atoms with Crippen LogP contribution in [0.25, 0.3) is 10.7 Å². The zero-order valence-electron chi connectivity index (χ0n) is 10.9. The summed E-state index contributed by atoms with van der Waals surface area (Å²) in [5.74, 6) is 0.861. The number of thiophene rings is 1. The molecule has 0 atom stereocenters. The van der Waals surface area contributed by atoms with Gasteiger partial charge in [-0.3, -0.25) is 0 Å². The molecule has 0 saturated heterocycles. The van der Waals surface area contributed by atoms with Crippen molar-refractivity contribution in [3.8, 4) is 10.7 Å². The normalized spacial score (nSPS) is 10.8. The Hall–Kier alpha value is -1.26. The summed E-state index contributed by atoms with van der Waals surface area (Å²) in [5, 5.41) is 2.06. The highest BCUT2D eigenvalue weighted by atomic mass is 32.1. The Bertz CT molecular complexity index is 481. The average Bonchev–Trinajstić information content (AvgIpc) is 2.93. The van der Waals surface area contributed by atoms with Gasteiger partial charge in [-0.1, -0.05) is 19.9 Å². The molecule has 96 valence electrons. The molecule has 2 rings (SSSR count). The van der Waals surface area contributed by atoms with Crippen molar-refractivity contribution in [1.29, 1.82) is 0 Å². The van der Waals surface area contributed by atoms with Gasteiger partial charge in [0.25, 0.3) is 0 Å². The molecule has 0 aliphatic heterocycles. The zero-order chi connectivity index (χ0) is 13.0. The molecule has 4 heteroatoms. The average molecular weight is 261 g/mol. The van der Waals surface area contributed by atoms with Crippen LogP contribution in [0, 0.1) is 0 Å². The van der Waals surface area contributed by atoms with E-state index >= 15 is 0 Å². The topological polar surface area (TPSA) is 51.8 Å². The molecule has 0 spiro atoms. The second kappa shape index (κ2) is 6.07. The van der Waals surface area contributed by atoms with Crippen molar-refractivity contribution < 1.29 is 0 Å². The standard InChI is InChI=1S/C14H19N3S/c1-3-11-10(7-8-15)12(4-2)17-14(16-11)13-6-5-9-18-13/h5-6,9H,3-4,7-8,15H2,1-2H3. The number of rotatable bonds is 5. The van der Waals surface area contributed by atoms with Crippen LogP contribution >= 0.6 is 11.3 Å². The molecule has 2 N–H and O–H groups in total. The van der Waals surface area contributed by atoms with Gasteiger partial charge in [-0.25, -0.2) is 9.97 Å². The number of aromatic nitrogens is 2. The minimum atomic E-state index is 0.654. The van der Waals surface area contributed by atoms with Crippen LogP contribution in [0.4, 0.5) is 0 Å². The highest BCUT2D eigenvalue weighted by Gasteiger charge is 2.13. The molecule has 0 aliphatic rings. The molecule has 0 bridgehead atoms. The van der Waals surface area contributed by atoms with Crippen molar-refractivity contribution in [3.05, 3.63) is 34.5 Å². The lowest BCUT2D eigenvalue weighted by Crippen LogP contribution is -2.12. The second-order valence-corrected chi connectivity index (χ2v) is 5.09. The van der Waals surface area contributed by atoms with E-state index in [0.29, 0.717) is 6.54 Å². The monoisotopic (exact) mass is 261 g/mol. The molecule has 2 heterocycles. The van der Waals surface area contributed by atoms with Gasteiger partial charge >= 0.3 is 0 Å². The molecule has 0 aliphatic carbocycles. The van der Waals surface area contributed by atoms with Crippen molar-refractivity contribution >= 4 is 11.3 Å². The van der Waals surface area contributed by atoms with Crippen molar-refractivity contribution in [2.75, 3.05) is 6.54 Å². The van der Waals surface area contributed by atoms with Gasteiger partial charge < -0.3 is 5.73 Å². The van der Waals surface area contributed by atoms with Gasteiger partial charge in [-0.2, -0.15) is 0 Å². The summed E-state index contributed by atoms with van der Waals surface area (Å²) in [4.78, 5) is 10.5. The molecule has 3 nitrogen and oxygen atoms in total. The molecular formula is C14H19N3S. The van der Waals surface area contributed by atoms with E-state index in [-0.39, 0.29) is 0 Å². The van der Waals surface area contributed by atoms with E-state index < -0.39 is 0 Å². The predicted molar refractivity (Wildman–Crippen MR) is 76.9 cm³/mol. The molecule has 0 unspecified atom stereocenters. The van der Waals surface area contributed by atoms with Crippen LogP contribution in [-0.4, -0.2) is 16.5 Å². The maximum absolute atomic E-state index is 5.69. The zero-order valence-corrected chi connectivity index (χ0v) is 11.8. The number of nitrogens with zero attached hydrogens (tertiary/aromatic N) is 2. The Morgan fingerprint density at radius 3 is 2.28 bits per heavy atom. The van der Waals surface area contributed by atoms with Crippen molar-refractivity contribution in [2.24, 2.45) is 5.73 Å². The molecule has 0 saturated carbocycles. The van der Waals surface area contributed by atoms with Crippen LogP contribution in [0.15, 0.2) is 17.5 Å². The summed E-state index contributed by atoms with van der Waals surface area (Å²) in [7, 11) is 0. The number of nitrogens with two attached hydrogens (primary N) is 1.